The number of hydrogen-bond donors (Lipinski definition) is 2. The molecule has 0 amide bonds. The molecule has 2 N–H and O–H groups in total. The number of hydrogen-bond acceptors (Lipinski definition) is 3. The van der Waals surface area contributed by atoms with Crippen molar-refractivity contribution in [2.75, 3.05) is 41.8 Å². The van der Waals surface area contributed by atoms with Crippen LogP contribution in [0.5, 0.6) is 0 Å². The zero-order valence-electron chi connectivity index (χ0n) is 14.8. The third kappa shape index (κ3) is 4.90. The number of rotatable bonds is 3. The maximum Gasteiger partial charge on any atom is 0.416 e. The van der Waals surface area contributed by atoms with E-state index in [1.165, 1.54) is 6.07 Å². The molecule has 0 aliphatic carbocycles. The van der Waals surface area contributed by atoms with Crippen LogP contribution in [0.15, 0.2) is 42.5 Å². The van der Waals surface area contributed by atoms with Crippen LogP contribution < -0.4 is 15.5 Å². The summed E-state index contributed by atoms with van der Waals surface area (Å²) in [5, 5.41) is 6.21. The van der Waals surface area contributed by atoms with Crippen LogP contribution in [0.2, 0.25) is 0 Å². The van der Waals surface area contributed by atoms with E-state index in [1.807, 2.05) is 36.1 Å². The second-order valence-electron chi connectivity index (χ2n) is 6.22. The van der Waals surface area contributed by atoms with E-state index in [-0.39, 0.29) is 5.11 Å². The zero-order chi connectivity index (χ0) is 19.4. The second kappa shape index (κ2) is 8.14. The average molecular weight is 395 g/mol. The highest BCUT2D eigenvalue weighted by molar-refractivity contribution is 7.80. The van der Waals surface area contributed by atoms with Gasteiger partial charge in [0.1, 0.15) is 0 Å². The first kappa shape index (κ1) is 19.4. The van der Waals surface area contributed by atoms with Crippen LogP contribution in [0.4, 0.5) is 30.2 Å². The predicted octanol–water partition coefficient (Wildman–Crippen LogP) is 4.66. The van der Waals surface area contributed by atoms with E-state index in [2.05, 4.69) is 10.6 Å². The molecular formula is C19H20F3N3OS. The van der Waals surface area contributed by atoms with Crippen LogP contribution in [-0.4, -0.2) is 31.4 Å². The summed E-state index contributed by atoms with van der Waals surface area (Å²) in [5.41, 5.74) is 2.05. The van der Waals surface area contributed by atoms with Crippen molar-refractivity contribution in [3.05, 3.63) is 53.6 Å². The SMILES string of the molecule is Cc1ccccc1NC(=S)Nc1cc(C(F)(F)F)ccc1N1CCOCC1. The summed E-state index contributed by atoms with van der Waals surface area (Å²) in [7, 11) is 0. The number of halogens is 3. The maximum atomic E-state index is 13.2. The van der Waals surface area contributed by atoms with E-state index in [9.17, 15) is 13.2 Å². The van der Waals surface area contributed by atoms with Crippen LogP contribution >= 0.6 is 12.2 Å². The first-order valence-corrected chi connectivity index (χ1v) is 8.93. The molecule has 1 fully saturated rings. The number of thiocarbonyl (C=S) groups is 1. The van der Waals surface area contributed by atoms with Crippen molar-refractivity contribution < 1.29 is 17.9 Å². The molecule has 3 rings (SSSR count). The van der Waals surface area contributed by atoms with Gasteiger partial charge in [-0.3, -0.25) is 0 Å². The summed E-state index contributed by atoms with van der Waals surface area (Å²) in [6.45, 7) is 4.21. The fourth-order valence-corrected chi connectivity index (χ4v) is 3.10. The number of alkyl halides is 3. The minimum Gasteiger partial charge on any atom is -0.378 e. The molecule has 0 bridgehead atoms. The lowest BCUT2D eigenvalue weighted by atomic mass is 10.1. The van der Waals surface area contributed by atoms with Gasteiger partial charge < -0.3 is 20.3 Å². The minimum absolute atomic E-state index is 0.234. The van der Waals surface area contributed by atoms with Gasteiger partial charge >= 0.3 is 6.18 Å². The van der Waals surface area contributed by atoms with Crippen LogP contribution in [0.1, 0.15) is 11.1 Å². The summed E-state index contributed by atoms with van der Waals surface area (Å²) in [6.07, 6.45) is -4.43. The summed E-state index contributed by atoms with van der Waals surface area (Å²) in [5.74, 6) is 0. The molecule has 4 nitrogen and oxygen atoms in total. The third-order valence-corrected chi connectivity index (χ3v) is 4.52. The van der Waals surface area contributed by atoms with Gasteiger partial charge in [-0.15, -0.1) is 0 Å². The van der Waals surface area contributed by atoms with Gasteiger partial charge in [-0.05, 0) is 49.0 Å². The second-order valence-corrected chi connectivity index (χ2v) is 6.63. The summed E-state index contributed by atoms with van der Waals surface area (Å²) in [6, 6.07) is 11.2. The molecule has 0 atom stereocenters. The Morgan fingerprint density at radius 3 is 2.37 bits per heavy atom. The smallest absolute Gasteiger partial charge is 0.378 e. The van der Waals surface area contributed by atoms with Gasteiger partial charge in [-0.1, -0.05) is 18.2 Å². The Kier molecular flexibility index (Phi) is 5.86. The molecule has 2 aromatic carbocycles. The quantitative estimate of drug-likeness (QED) is 0.740. The first-order valence-electron chi connectivity index (χ1n) is 8.52. The fourth-order valence-electron chi connectivity index (χ4n) is 2.88. The largest absolute Gasteiger partial charge is 0.416 e. The number of nitrogens with zero attached hydrogens (tertiary/aromatic N) is 1. The van der Waals surface area contributed by atoms with Crippen molar-refractivity contribution in [3.63, 3.8) is 0 Å². The van der Waals surface area contributed by atoms with Crippen LogP contribution in [0.25, 0.3) is 0 Å². The molecule has 1 heterocycles. The van der Waals surface area contributed by atoms with Crippen molar-refractivity contribution in [3.8, 4) is 0 Å². The third-order valence-electron chi connectivity index (χ3n) is 4.32. The van der Waals surface area contributed by atoms with E-state index >= 15 is 0 Å². The van der Waals surface area contributed by atoms with Gasteiger partial charge in [0.15, 0.2) is 5.11 Å². The highest BCUT2D eigenvalue weighted by Crippen LogP contribution is 2.36. The van der Waals surface area contributed by atoms with Crippen LogP contribution in [0, 0.1) is 6.92 Å². The first-order chi connectivity index (χ1) is 12.8. The molecule has 8 heteroatoms. The van der Waals surface area contributed by atoms with Gasteiger partial charge in [0.25, 0.3) is 0 Å². The molecule has 0 aromatic heterocycles. The van der Waals surface area contributed by atoms with Crippen LogP contribution in [-0.2, 0) is 10.9 Å². The molecule has 0 saturated carbocycles. The number of nitrogens with one attached hydrogen (secondary N) is 2. The Morgan fingerprint density at radius 1 is 1.04 bits per heavy atom. The lowest BCUT2D eigenvalue weighted by Gasteiger charge is -2.31. The predicted molar refractivity (Wildman–Crippen MR) is 105 cm³/mol. The van der Waals surface area contributed by atoms with E-state index in [4.69, 9.17) is 17.0 Å². The van der Waals surface area contributed by atoms with Gasteiger partial charge in [0.2, 0.25) is 0 Å². The van der Waals surface area contributed by atoms with Crippen molar-refractivity contribution >= 4 is 34.4 Å². The van der Waals surface area contributed by atoms with Crippen molar-refractivity contribution in [1.29, 1.82) is 0 Å². The number of morpholine rings is 1. The number of ether oxygens (including phenoxy) is 1. The molecule has 1 aliphatic rings. The molecule has 0 spiro atoms. The molecule has 1 aliphatic heterocycles. The standard InChI is InChI=1S/C19H20F3N3OS/c1-13-4-2-3-5-15(13)23-18(27)24-16-12-14(19(20,21)22)6-7-17(16)25-8-10-26-11-9-25/h2-7,12H,8-11H2,1H3,(H2,23,24,27). The van der Waals surface area contributed by atoms with Crippen molar-refractivity contribution in [2.24, 2.45) is 0 Å². The highest BCUT2D eigenvalue weighted by Gasteiger charge is 2.31. The molecule has 1 saturated heterocycles. The molecule has 27 heavy (non-hydrogen) atoms. The molecule has 144 valence electrons. The van der Waals surface area contributed by atoms with E-state index in [0.717, 1.165) is 23.4 Å². The number of benzene rings is 2. The van der Waals surface area contributed by atoms with E-state index in [1.54, 1.807) is 0 Å². The van der Waals surface area contributed by atoms with Gasteiger partial charge in [-0.25, -0.2) is 0 Å². The maximum absolute atomic E-state index is 13.2. The lowest BCUT2D eigenvalue weighted by molar-refractivity contribution is -0.137. The van der Waals surface area contributed by atoms with Gasteiger partial charge in [0, 0.05) is 18.8 Å². The Balaban J connectivity index is 1.86. The normalized spacial score (nSPS) is 14.7. The average Bonchev–Trinajstić information content (AvgIpc) is 2.63. The number of anilines is 3. The van der Waals surface area contributed by atoms with Gasteiger partial charge in [-0.2, -0.15) is 13.2 Å². The van der Waals surface area contributed by atoms with E-state index in [0.29, 0.717) is 37.7 Å². The zero-order valence-corrected chi connectivity index (χ0v) is 15.6. The van der Waals surface area contributed by atoms with Gasteiger partial charge in [0.05, 0.1) is 30.2 Å². The molecule has 2 aromatic rings. The Morgan fingerprint density at radius 2 is 1.70 bits per heavy atom. The number of aryl methyl sites for hydroxylation is 1. The number of para-hydroxylation sites is 1. The summed E-state index contributed by atoms with van der Waals surface area (Å²) >= 11 is 5.33. The van der Waals surface area contributed by atoms with Crippen LogP contribution in [0.3, 0.4) is 0 Å². The molecule has 0 unspecified atom stereocenters. The Labute approximate surface area is 161 Å². The Hall–Kier alpha value is -2.32. The van der Waals surface area contributed by atoms with E-state index < -0.39 is 11.7 Å². The molecular weight excluding hydrogens is 375 g/mol. The van der Waals surface area contributed by atoms with Crippen molar-refractivity contribution in [1.82, 2.24) is 0 Å². The summed E-state index contributed by atoms with van der Waals surface area (Å²) in [4.78, 5) is 1.99. The molecule has 0 radical (unpaired) electrons. The van der Waals surface area contributed by atoms with Crippen molar-refractivity contribution in [2.45, 2.75) is 13.1 Å². The topological polar surface area (TPSA) is 36.5 Å². The summed E-state index contributed by atoms with van der Waals surface area (Å²) < 4.78 is 44.8. The minimum atomic E-state index is -4.43. The Bertz CT molecular complexity index is 820. The highest BCUT2D eigenvalue weighted by atomic mass is 32.1. The fraction of sp³-hybridized carbons (Fsp3) is 0.316. The monoisotopic (exact) mass is 395 g/mol. The lowest BCUT2D eigenvalue weighted by Crippen LogP contribution is -2.37.